The second-order valence-corrected chi connectivity index (χ2v) is 25.4. The fourth-order valence-corrected chi connectivity index (χ4v) is 12.2. The van der Waals surface area contributed by atoms with Crippen LogP contribution in [0.1, 0.15) is 361 Å². The summed E-state index contributed by atoms with van der Waals surface area (Å²) >= 11 is 0. The van der Waals surface area contributed by atoms with Crippen molar-refractivity contribution in [3.05, 3.63) is 58.5 Å². The van der Waals surface area contributed by atoms with E-state index in [1.807, 2.05) is 18.2 Å². The van der Waals surface area contributed by atoms with Crippen molar-refractivity contribution in [1.82, 2.24) is 4.90 Å². The Bertz CT molecular complexity index is 1840. The van der Waals surface area contributed by atoms with Crippen LogP contribution in [0.3, 0.4) is 0 Å². The number of Topliss-reactive ketones (excluding diaryl/α,β-unsaturated/α-hetero) is 1. The molecule has 2 aliphatic carbocycles. The standard InChI is InChI=1S/C76H131NO6/c1-6-11-16-21-26-31-36-41-46-51-58-77(59-52-47-42-37-32-27-22-17-12-7-2)67-56-57-68(69(78)65-67)73-74(79)72(75(73)80)66-63-70(81-60-53-48-43-38-33-28-23-18-13-8-3)76(83-62-55-50-45-40-35-30-25-20-15-10-5)71(64-66)82-61-54-49-44-39-34-29-24-19-14-9-4/h56-57,63-65,79H,6-55,58-62H2,1-5H3/b73-68-. The van der Waals surface area contributed by atoms with E-state index in [9.17, 15) is 14.7 Å². The van der Waals surface area contributed by atoms with Crippen LogP contribution in [0.25, 0.3) is 5.57 Å². The van der Waals surface area contributed by atoms with E-state index in [0.717, 1.165) is 70.2 Å². The van der Waals surface area contributed by atoms with E-state index in [0.29, 0.717) is 42.6 Å². The van der Waals surface area contributed by atoms with Crippen molar-refractivity contribution in [3.63, 3.8) is 0 Å². The van der Waals surface area contributed by atoms with Crippen molar-refractivity contribution < 1.29 is 28.9 Å². The molecule has 1 N–H and O–H groups in total. The molecule has 476 valence electrons. The summed E-state index contributed by atoms with van der Waals surface area (Å²) in [7, 11) is 0. The van der Waals surface area contributed by atoms with Crippen molar-refractivity contribution in [3.8, 4) is 17.2 Å². The number of nitrogens with zero attached hydrogens (tertiary/aromatic N) is 1. The molecule has 0 fully saturated rings. The quantitative estimate of drug-likeness (QED) is 0.0514. The Morgan fingerprint density at radius 3 is 0.940 bits per heavy atom. The van der Waals surface area contributed by atoms with Crippen LogP contribution in [0.2, 0.25) is 0 Å². The highest BCUT2D eigenvalue weighted by Crippen LogP contribution is 2.46. The van der Waals surface area contributed by atoms with Gasteiger partial charge in [0.2, 0.25) is 11.5 Å². The number of unbranched alkanes of at least 4 members (excludes halogenated alkanes) is 45. The van der Waals surface area contributed by atoms with Crippen LogP contribution in [0.5, 0.6) is 17.2 Å². The number of hydrogen-bond acceptors (Lipinski definition) is 7. The number of benzene rings is 1. The van der Waals surface area contributed by atoms with Gasteiger partial charge in [-0.2, -0.15) is 0 Å². The maximum Gasteiger partial charge on any atom is 0.203 e. The Balaban J connectivity index is 1.83. The van der Waals surface area contributed by atoms with E-state index < -0.39 is 0 Å². The molecule has 2 aliphatic rings. The first-order chi connectivity index (χ1) is 40.9. The van der Waals surface area contributed by atoms with Crippen molar-refractivity contribution >= 4 is 17.1 Å². The van der Waals surface area contributed by atoms with Gasteiger partial charge in [-0.3, -0.25) is 9.59 Å². The number of aliphatic hydroxyl groups excluding tert-OH is 1. The van der Waals surface area contributed by atoms with Gasteiger partial charge in [-0.15, -0.1) is 0 Å². The van der Waals surface area contributed by atoms with Crippen LogP contribution in [0.15, 0.2) is 53.0 Å². The topological polar surface area (TPSA) is 85.3 Å². The molecule has 0 aliphatic heterocycles. The molecule has 0 unspecified atom stereocenters. The van der Waals surface area contributed by atoms with Gasteiger partial charge in [0.05, 0.1) is 31.0 Å². The molecule has 1 aromatic rings. The molecule has 0 saturated heterocycles. The summed E-state index contributed by atoms with van der Waals surface area (Å²) < 4.78 is 20.0. The maximum absolute atomic E-state index is 14.5. The zero-order chi connectivity index (χ0) is 59.5. The molecule has 0 atom stereocenters. The zero-order valence-electron chi connectivity index (χ0n) is 55.2. The van der Waals surface area contributed by atoms with Crippen molar-refractivity contribution in [2.24, 2.45) is 0 Å². The molecule has 0 spiro atoms. The van der Waals surface area contributed by atoms with E-state index in [1.165, 1.54) is 270 Å². The smallest absolute Gasteiger partial charge is 0.203 e. The van der Waals surface area contributed by atoms with E-state index in [4.69, 9.17) is 14.2 Å². The fraction of sp³-hybridized carbons (Fsp3) is 0.789. The summed E-state index contributed by atoms with van der Waals surface area (Å²) in [5.74, 6) is 1.04. The highest BCUT2D eigenvalue weighted by atomic mass is 16.5. The minimum absolute atomic E-state index is 0.106. The molecule has 3 rings (SSSR count). The number of allylic oxidation sites excluding steroid dienone is 6. The Kier molecular flexibility index (Phi) is 46.0. The van der Waals surface area contributed by atoms with Gasteiger partial charge in [-0.25, -0.2) is 0 Å². The van der Waals surface area contributed by atoms with Crippen molar-refractivity contribution in [2.45, 2.75) is 356 Å². The maximum atomic E-state index is 14.5. The highest BCUT2D eigenvalue weighted by Gasteiger charge is 2.39. The molecule has 7 nitrogen and oxygen atoms in total. The van der Waals surface area contributed by atoms with Gasteiger partial charge in [0, 0.05) is 30.4 Å². The predicted octanol–water partition coefficient (Wildman–Crippen LogP) is 23.9. The fourth-order valence-electron chi connectivity index (χ4n) is 12.2. The number of aliphatic hydroxyl groups is 1. The third kappa shape index (κ3) is 33.9. The lowest BCUT2D eigenvalue weighted by Gasteiger charge is -2.29. The first kappa shape index (κ1) is 73.8. The Morgan fingerprint density at radius 1 is 0.349 bits per heavy atom. The van der Waals surface area contributed by atoms with E-state index >= 15 is 0 Å². The number of hydrogen-bond donors (Lipinski definition) is 1. The molecular formula is C76H131NO6. The lowest BCUT2D eigenvalue weighted by Crippen LogP contribution is -2.28. The first-order valence-corrected chi connectivity index (χ1v) is 36.4. The lowest BCUT2D eigenvalue weighted by molar-refractivity contribution is -0.114. The molecule has 0 aromatic heterocycles. The minimum atomic E-state index is -0.319. The molecular weight excluding hydrogens is 1020 g/mol. The van der Waals surface area contributed by atoms with Crippen LogP contribution in [-0.2, 0) is 9.59 Å². The average molecular weight is 1150 g/mol. The molecule has 7 heteroatoms. The molecule has 0 bridgehead atoms. The van der Waals surface area contributed by atoms with Gasteiger partial charge in [-0.05, 0) is 62.0 Å². The van der Waals surface area contributed by atoms with Gasteiger partial charge < -0.3 is 24.2 Å². The number of carbonyl (C=O) groups excluding carboxylic acids is 2. The van der Waals surface area contributed by atoms with Crippen LogP contribution < -0.4 is 14.2 Å². The molecule has 0 saturated carbocycles. The van der Waals surface area contributed by atoms with Gasteiger partial charge in [0.1, 0.15) is 5.76 Å². The van der Waals surface area contributed by atoms with E-state index in [2.05, 4.69) is 39.5 Å². The first-order valence-electron chi connectivity index (χ1n) is 36.4. The number of rotatable bonds is 60. The Hall–Kier alpha value is -3.48. The third-order valence-electron chi connectivity index (χ3n) is 17.7. The SMILES string of the molecule is CCCCCCCCCCCCOc1cc(C2=C(O)/C(=C3\C=CC(N(CCCCCCCCCCCC)CCCCCCCCCCCC)=CC3=O)C2=O)cc(OCCCCCCCCCCCC)c1OCCCCCCCCCCCC. The number of ether oxygens (including phenoxy) is 3. The van der Waals surface area contributed by atoms with Gasteiger partial charge in [0.15, 0.2) is 17.3 Å². The predicted molar refractivity (Wildman–Crippen MR) is 358 cm³/mol. The largest absolute Gasteiger partial charge is 0.506 e. The summed E-state index contributed by atoms with van der Waals surface area (Å²) in [4.78, 5) is 31.0. The van der Waals surface area contributed by atoms with Crippen LogP contribution in [-0.4, -0.2) is 54.5 Å². The summed E-state index contributed by atoms with van der Waals surface area (Å²) in [6.07, 6.45) is 68.7. The molecule has 1 aromatic carbocycles. The monoisotopic (exact) mass is 1150 g/mol. The molecule has 83 heavy (non-hydrogen) atoms. The van der Waals surface area contributed by atoms with E-state index in [1.54, 1.807) is 12.2 Å². The Labute approximate surface area is 512 Å². The van der Waals surface area contributed by atoms with Gasteiger partial charge in [0.25, 0.3) is 0 Å². The van der Waals surface area contributed by atoms with E-state index in [-0.39, 0.29) is 34.0 Å². The van der Waals surface area contributed by atoms with Crippen molar-refractivity contribution in [2.75, 3.05) is 32.9 Å². The summed E-state index contributed by atoms with van der Waals surface area (Å²) in [5, 5.41) is 11.9. The van der Waals surface area contributed by atoms with Gasteiger partial charge in [-0.1, -0.05) is 324 Å². The van der Waals surface area contributed by atoms with Crippen LogP contribution >= 0.6 is 0 Å². The lowest BCUT2D eigenvalue weighted by atomic mass is 9.79. The number of ketones is 2. The normalized spacial score (nSPS) is 14.3. The second kappa shape index (κ2) is 51.7. The molecule has 0 heterocycles. The molecule has 0 amide bonds. The van der Waals surface area contributed by atoms with Crippen LogP contribution in [0, 0.1) is 0 Å². The Morgan fingerprint density at radius 2 is 0.639 bits per heavy atom. The van der Waals surface area contributed by atoms with Gasteiger partial charge >= 0.3 is 0 Å². The summed E-state index contributed by atoms with van der Waals surface area (Å²) in [6.45, 7) is 14.9. The summed E-state index contributed by atoms with van der Waals surface area (Å²) in [6, 6.07) is 3.75. The highest BCUT2D eigenvalue weighted by molar-refractivity contribution is 6.41. The van der Waals surface area contributed by atoms with Crippen molar-refractivity contribution in [1.29, 1.82) is 0 Å². The third-order valence-corrected chi connectivity index (χ3v) is 17.7. The minimum Gasteiger partial charge on any atom is -0.506 e. The average Bonchev–Trinajstić information content (AvgIpc) is 3.68. The van der Waals surface area contributed by atoms with Crippen LogP contribution in [0.4, 0.5) is 0 Å². The number of carbonyl (C=O) groups is 2. The zero-order valence-corrected chi connectivity index (χ0v) is 55.2. The molecule has 0 radical (unpaired) electrons. The summed E-state index contributed by atoms with van der Waals surface area (Å²) in [5.41, 5.74) is 2.05. The second-order valence-electron chi connectivity index (χ2n) is 25.4.